The van der Waals surface area contributed by atoms with E-state index in [0.717, 1.165) is 35.8 Å². The number of aryl methyl sites for hydroxylation is 3. The van der Waals surface area contributed by atoms with Crippen molar-refractivity contribution < 1.29 is 0 Å². The molecule has 0 saturated carbocycles. The number of aromatic nitrogens is 2. The van der Waals surface area contributed by atoms with E-state index < -0.39 is 0 Å². The molecule has 0 aliphatic rings. The molecule has 0 amide bonds. The number of nitrogens with one attached hydrogen (secondary N) is 1. The number of nitrogens with zero attached hydrogens (tertiary/aromatic N) is 2. The average molecular weight is 306 g/mol. The first kappa shape index (κ1) is 16.1. The van der Waals surface area contributed by atoms with Crippen LogP contribution in [0.1, 0.15) is 41.8 Å². The minimum atomic E-state index is 0.269. The van der Waals surface area contributed by atoms with Crippen LogP contribution in [-0.2, 0) is 13.5 Å². The molecule has 0 aliphatic heterocycles. The lowest BCUT2D eigenvalue weighted by atomic mass is 9.98. The molecule has 1 atom stereocenters. The first-order valence-corrected chi connectivity index (χ1v) is 7.88. The van der Waals surface area contributed by atoms with E-state index in [0.29, 0.717) is 0 Å². The summed E-state index contributed by atoms with van der Waals surface area (Å²) in [6.07, 6.45) is 1.98. The van der Waals surface area contributed by atoms with Crippen molar-refractivity contribution in [3.05, 3.63) is 51.8 Å². The summed E-state index contributed by atoms with van der Waals surface area (Å²) in [5, 5.41) is 8.78. The van der Waals surface area contributed by atoms with Gasteiger partial charge in [-0.05, 0) is 38.8 Å². The predicted octanol–water partition coefficient (Wildman–Crippen LogP) is 3.97. The Kier molecular flexibility index (Phi) is 5.43. The Balaban J connectivity index is 2.28. The largest absolute Gasteiger partial charge is 0.310 e. The van der Waals surface area contributed by atoms with Crippen molar-refractivity contribution in [1.82, 2.24) is 15.1 Å². The standard InChI is InChI=1S/C17H24ClN3/c1-5-9-19-16(14-8-6-7-12(2)10-14)11-15-13(3)20-21(4)17(15)18/h6-8,10,16,19H,5,9,11H2,1-4H3. The fourth-order valence-electron chi connectivity index (χ4n) is 2.62. The maximum absolute atomic E-state index is 6.38. The highest BCUT2D eigenvalue weighted by molar-refractivity contribution is 6.30. The molecular weight excluding hydrogens is 282 g/mol. The Morgan fingerprint density at radius 1 is 1.33 bits per heavy atom. The van der Waals surface area contributed by atoms with Crippen LogP contribution in [0.4, 0.5) is 0 Å². The molecule has 0 fully saturated rings. The van der Waals surface area contributed by atoms with Crippen LogP contribution in [0.15, 0.2) is 24.3 Å². The first-order chi connectivity index (χ1) is 10.0. The van der Waals surface area contributed by atoms with Gasteiger partial charge >= 0.3 is 0 Å². The van der Waals surface area contributed by atoms with Gasteiger partial charge in [0.1, 0.15) is 5.15 Å². The lowest BCUT2D eigenvalue weighted by Gasteiger charge is -2.19. The maximum atomic E-state index is 6.38. The number of hydrogen-bond donors (Lipinski definition) is 1. The number of hydrogen-bond acceptors (Lipinski definition) is 2. The van der Waals surface area contributed by atoms with E-state index in [9.17, 15) is 0 Å². The quantitative estimate of drug-likeness (QED) is 0.875. The van der Waals surface area contributed by atoms with Crippen molar-refractivity contribution >= 4 is 11.6 Å². The molecule has 1 aromatic carbocycles. The summed E-state index contributed by atoms with van der Waals surface area (Å²) in [5.41, 5.74) is 4.74. The van der Waals surface area contributed by atoms with Crippen LogP contribution in [0.2, 0.25) is 5.15 Å². The number of rotatable bonds is 6. The van der Waals surface area contributed by atoms with Crippen LogP contribution < -0.4 is 5.32 Å². The molecular formula is C17H24ClN3. The second-order valence-corrected chi connectivity index (χ2v) is 5.96. The molecule has 2 rings (SSSR count). The molecule has 21 heavy (non-hydrogen) atoms. The molecule has 114 valence electrons. The van der Waals surface area contributed by atoms with E-state index in [1.807, 2.05) is 14.0 Å². The summed E-state index contributed by atoms with van der Waals surface area (Å²) in [6, 6.07) is 8.93. The second-order valence-electron chi connectivity index (χ2n) is 5.60. The highest BCUT2D eigenvalue weighted by Crippen LogP contribution is 2.26. The zero-order valence-corrected chi connectivity index (χ0v) is 14.0. The molecule has 2 aromatic rings. The van der Waals surface area contributed by atoms with Gasteiger partial charge in [-0.3, -0.25) is 4.68 Å². The highest BCUT2D eigenvalue weighted by Gasteiger charge is 2.18. The first-order valence-electron chi connectivity index (χ1n) is 7.50. The topological polar surface area (TPSA) is 29.9 Å². The summed E-state index contributed by atoms with van der Waals surface area (Å²) < 4.78 is 1.75. The molecule has 0 aliphatic carbocycles. The lowest BCUT2D eigenvalue weighted by molar-refractivity contribution is 0.528. The maximum Gasteiger partial charge on any atom is 0.130 e. The van der Waals surface area contributed by atoms with E-state index >= 15 is 0 Å². The predicted molar refractivity (Wildman–Crippen MR) is 88.9 cm³/mol. The Bertz CT molecular complexity index is 604. The summed E-state index contributed by atoms with van der Waals surface area (Å²) in [5.74, 6) is 0. The van der Waals surface area contributed by atoms with Gasteiger partial charge in [0, 0.05) is 18.7 Å². The van der Waals surface area contributed by atoms with Gasteiger partial charge in [0.15, 0.2) is 0 Å². The van der Waals surface area contributed by atoms with Gasteiger partial charge < -0.3 is 5.32 Å². The molecule has 0 saturated heterocycles. The average Bonchev–Trinajstić information content (AvgIpc) is 2.69. The highest BCUT2D eigenvalue weighted by atomic mass is 35.5. The van der Waals surface area contributed by atoms with Gasteiger partial charge in [0.05, 0.1) is 5.69 Å². The van der Waals surface area contributed by atoms with E-state index in [2.05, 4.69) is 48.5 Å². The lowest BCUT2D eigenvalue weighted by Crippen LogP contribution is -2.24. The van der Waals surface area contributed by atoms with Crippen LogP contribution in [0.5, 0.6) is 0 Å². The van der Waals surface area contributed by atoms with Crippen molar-refractivity contribution in [3.8, 4) is 0 Å². The summed E-state index contributed by atoms with van der Waals surface area (Å²) in [6.45, 7) is 7.33. The van der Waals surface area contributed by atoms with Crippen LogP contribution >= 0.6 is 11.6 Å². The van der Waals surface area contributed by atoms with E-state index in [4.69, 9.17) is 11.6 Å². The van der Waals surface area contributed by atoms with Crippen molar-refractivity contribution in [2.45, 2.75) is 39.7 Å². The van der Waals surface area contributed by atoms with E-state index in [1.165, 1.54) is 11.1 Å². The van der Waals surface area contributed by atoms with Gasteiger partial charge in [-0.15, -0.1) is 0 Å². The molecule has 3 nitrogen and oxygen atoms in total. The van der Waals surface area contributed by atoms with Gasteiger partial charge in [0.2, 0.25) is 0 Å². The molecule has 4 heteroatoms. The second kappa shape index (κ2) is 7.10. The van der Waals surface area contributed by atoms with Crippen LogP contribution in [0, 0.1) is 13.8 Å². The van der Waals surface area contributed by atoms with Crippen molar-refractivity contribution in [1.29, 1.82) is 0 Å². The summed E-state index contributed by atoms with van der Waals surface area (Å²) >= 11 is 6.38. The third kappa shape index (κ3) is 3.86. The Labute approximate surface area is 132 Å². The van der Waals surface area contributed by atoms with E-state index in [-0.39, 0.29) is 6.04 Å². The zero-order chi connectivity index (χ0) is 15.4. The Morgan fingerprint density at radius 2 is 2.10 bits per heavy atom. The molecule has 1 aromatic heterocycles. The Morgan fingerprint density at radius 3 is 2.67 bits per heavy atom. The minimum absolute atomic E-state index is 0.269. The van der Waals surface area contributed by atoms with Gasteiger partial charge in [-0.1, -0.05) is 48.4 Å². The van der Waals surface area contributed by atoms with E-state index in [1.54, 1.807) is 4.68 Å². The molecule has 0 radical (unpaired) electrons. The number of halogens is 1. The van der Waals surface area contributed by atoms with Gasteiger partial charge in [-0.25, -0.2) is 0 Å². The summed E-state index contributed by atoms with van der Waals surface area (Å²) in [7, 11) is 1.89. The van der Waals surface area contributed by atoms with Crippen molar-refractivity contribution in [3.63, 3.8) is 0 Å². The summed E-state index contributed by atoms with van der Waals surface area (Å²) in [4.78, 5) is 0. The monoisotopic (exact) mass is 305 g/mol. The molecule has 1 unspecified atom stereocenters. The van der Waals surface area contributed by atoms with Crippen LogP contribution in [0.25, 0.3) is 0 Å². The molecule has 1 heterocycles. The fraction of sp³-hybridized carbons (Fsp3) is 0.471. The SMILES string of the molecule is CCCNC(Cc1c(C)nn(C)c1Cl)c1cccc(C)c1. The van der Waals surface area contributed by atoms with Crippen LogP contribution in [-0.4, -0.2) is 16.3 Å². The fourth-order valence-corrected chi connectivity index (χ4v) is 2.87. The third-order valence-corrected chi connectivity index (χ3v) is 4.24. The smallest absolute Gasteiger partial charge is 0.130 e. The number of benzene rings is 1. The third-order valence-electron chi connectivity index (χ3n) is 3.76. The molecule has 0 spiro atoms. The van der Waals surface area contributed by atoms with Crippen molar-refractivity contribution in [2.75, 3.05) is 6.54 Å². The molecule has 1 N–H and O–H groups in total. The minimum Gasteiger partial charge on any atom is -0.310 e. The normalized spacial score (nSPS) is 12.6. The molecule has 0 bridgehead atoms. The van der Waals surface area contributed by atoms with Crippen molar-refractivity contribution in [2.24, 2.45) is 7.05 Å². The van der Waals surface area contributed by atoms with Crippen LogP contribution in [0.3, 0.4) is 0 Å². The Hall–Kier alpha value is -1.32. The zero-order valence-electron chi connectivity index (χ0n) is 13.3. The van der Waals surface area contributed by atoms with Gasteiger partial charge in [0.25, 0.3) is 0 Å². The van der Waals surface area contributed by atoms with Gasteiger partial charge in [-0.2, -0.15) is 5.10 Å².